The Morgan fingerprint density at radius 3 is 2.34 bits per heavy atom. The van der Waals surface area contributed by atoms with Crippen LogP contribution in [0, 0.1) is 3.57 Å². The number of rotatable bonds is 6. The van der Waals surface area contributed by atoms with Gasteiger partial charge in [-0.15, -0.1) is 0 Å². The lowest BCUT2D eigenvalue weighted by Crippen LogP contribution is -2.23. The molecule has 1 N–H and O–H groups in total. The van der Waals surface area contributed by atoms with E-state index in [4.69, 9.17) is 9.84 Å². The van der Waals surface area contributed by atoms with Gasteiger partial charge in [-0.3, -0.25) is 9.69 Å². The van der Waals surface area contributed by atoms with Gasteiger partial charge in [0.15, 0.2) is 5.17 Å². The molecule has 0 unspecified atom stereocenters. The first-order chi connectivity index (χ1) is 16.7. The SMILES string of the molecule is CN1C(=O)/C(=C/c2cc(Br)c(OCc3ccc(I)cc3)c(Br)c2)SC1=Nc1ccc(C(=O)O)cc1. The largest absolute Gasteiger partial charge is 0.487 e. The number of aliphatic imine (C=N–C) groups is 1. The first-order valence-electron chi connectivity index (χ1n) is 10.2. The lowest BCUT2D eigenvalue weighted by Gasteiger charge is -2.12. The first-order valence-corrected chi connectivity index (χ1v) is 13.7. The van der Waals surface area contributed by atoms with E-state index in [0.29, 0.717) is 28.1 Å². The third-order valence-corrected chi connectivity index (χ3v) is 7.91. The quantitative estimate of drug-likeness (QED) is 0.213. The molecule has 1 heterocycles. The molecule has 3 aromatic rings. The molecular weight excluding hydrogens is 711 g/mol. The van der Waals surface area contributed by atoms with Crippen LogP contribution in [-0.2, 0) is 11.4 Å². The highest BCUT2D eigenvalue weighted by Crippen LogP contribution is 2.38. The zero-order valence-corrected chi connectivity index (χ0v) is 24.3. The number of halogens is 3. The van der Waals surface area contributed by atoms with Gasteiger partial charge >= 0.3 is 5.97 Å². The van der Waals surface area contributed by atoms with Gasteiger partial charge in [0.1, 0.15) is 12.4 Å². The Labute approximate surface area is 236 Å². The number of amidine groups is 1. The number of nitrogens with zero attached hydrogens (tertiary/aromatic N) is 2. The molecule has 4 rings (SSSR count). The zero-order chi connectivity index (χ0) is 25.1. The number of carbonyl (C=O) groups excluding carboxylic acids is 1. The number of aromatic carboxylic acids is 1. The Morgan fingerprint density at radius 2 is 1.74 bits per heavy atom. The fourth-order valence-electron chi connectivity index (χ4n) is 3.13. The average molecular weight is 728 g/mol. The van der Waals surface area contributed by atoms with Gasteiger partial charge in [-0.1, -0.05) is 12.1 Å². The van der Waals surface area contributed by atoms with Crippen LogP contribution in [0.1, 0.15) is 21.5 Å². The topological polar surface area (TPSA) is 79.2 Å². The summed E-state index contributed by atoms with van der Waals surface area (Å²) in [5, 5.41) is 9.56. The molecule has 1 saturated heterocycles. The summed E-state index contributed by atoms with van der Waals surface area (Å²) in [5.74, 6) is -0.483. The standard InChI is InChI=1S/C25H17Br2IN2O4S/c1-30-23(31)21(35-25(30)29-18-8-4-16(5-9-18)24(32)33)12-15-10-19(26)22(20(27)11-15)34-13-14-2-6-17(28)7-3-14/h2-12H,13H2,1H3,(H,32,33)/b21-12-,29-25?. The average Bonchev–Trinajstić information content (AvgIpc) is 3.07. The number of likely N-dealkylation sites (N-methyl/N-ethyl adjacent to an activating group) is 1. The molecule has 0 atom stereocenters. The van der Waals surface area contributed by atoms with E-state index in [0.717, 1.165) is 20.1 Å². The van der Waals surface area contributed by atoms with Crippen molar-refractivity contribution < 1.29 is 19.4 Å². The van der Waals surface area contributed by atoms with Crippen molar-refractivity contribution in [1.29, 1.82) is 0 Å². The maximum Gasteiger partial charge on any atom is 0.335 e. The minimum Gasteiger partial charge on any atom is -0.487 e. The van der Waals surface area contributed by atoms with Gasteiger partial charge in [0, 0.05) is 10.6 Å². The molecule has 0 aliphatic carbocycles. The number of thioether (sulfide) groups is 1. The maximum absolute atomic E-state index is 12.8. The summed E-state index contributed by atoms with van der Waals surface area (Å²) >= 11 is 10.7. The van der Waals surface area contributed by atoms with Crippen molar-refractivity contribution in [2.75, 3.05) is 7.05 Å². The van der Waals surface area contributed by atoms with Crippen LogP contribution in [0.2, 0.25) is 0 Å². The number of benzene rings is 3. The third kappa shape index (κ3) is 6.35. The van der Waals surface area contributed by atoms with Gasteiger partial charge in [0.25, 0.3) is 5.91 Å². The van der Waals surface area contributed by atoms with Gasteiger partial charge in [0.05, 0.1) is 25.1 Å². The highest BCUT2D eigenvalue weighted by Gasteiger charge is 2.30. The molecule has 1 fully saturated rings. The molecule has 0 bridgehead atoms. The first kappa shape index (κ1) is 25.9. The van der Waals surface area contributed by atoms with Crippen LogP contribution in [0.15, 0.2) is 79.5 Å². The van der Waals surface area contributed by atoms with Crippen LogP contribution >= 0.6 is 66.2 Å². The van der Waals surface area contributed by atoms with Crippen molar-refractivity contribution in [3.8, 4) is 5.75 Å². The van der Waals surface area contributed by atoms with E-state index in [1.807, 2.05) is 36.4 Å². The number of carboxylic acid groups (broad SMARTS) is 1. The van der Waals surface area contributed by atoms with Gasteiger partial charge in [0.2, 0.25) is 0 Å². The molecule has 6 nitrogen and oxygen atoms in total. The van der Waals surface area contributed by atoms with Crippen molar-refractivity contribution in [2.45, 2.75) is 6.61 Å². The van der Waals surface area contributed by atoms with Crippen LogP contribution in [0.3, 0.4) is 0 Å². The van der Waals surface area contributed by atoms with E-state index < -0.39 is 5.97 Å². The van der Waals surface area contributed by atoms with Crippen LogP contribution in [0.5, 0.6) is 5.75 Å². The number of carbonyl (C=O) groups is 2. The van der Waals surface area contributed by atoms with Gasteiger partial charge in [-0.05, 0) is 132 Å². The molecule has 0 saturated carbocycles. The Kier molecular flexibility index (Phi) is 8.35. The summed E-state index contributed by atoms with van der Waals surface area (Å²) in [6.07, 6.45) is 1.80. The van der Waals surface area contributed by atoms with E-state index in [2.05, 4.69) is 59.4 Å². The van der Waals surface area contributed by atoms with Gasteiger partial charge in [-0.2, -0.15) is 0 Å². The summed E-state index contributed by atoms with van der Waals surface area (Å²) < 4.78 is 8.71. The molecule has 35 heavy (non-hydrogen) atoms. The Hall–Kier alpha value is -2.15. The third-order valence-electron chi connectivity index (χ3n) is 4.96. The summed E-state index contributed by atoms with van der Waals surface area (Å²) in [6, 6.07) is 18.1. The lowest BCUT2D eigenvalue weighted by atomic mass is 10.2. The highest BCUT2D eigenvalue weighted by atomic mass is 127. The molecular formula is C25H17Br2IN2O4S. The van der Waals surface area contributed by atoms with Crippen molar-refractivity contribution in [2.24, 2.45) is 4.99 Å². The van der Waals surface area contributed by atoms with Crippen molar-refractivity contribution >= 4 is 95.0 Å². The second kappa shape index (κ2) is 11.3. The predicted molar refractivity (Wildman–Crippen MR) is 154 cm³/mol. The Balaban J connectivity index is 1.52. The molecule has 0 radical (unpaired) electrons. The van der Waals surface area contributed by atoms with Crippen molar-refractivity contribution in [3.63, 3.8) is 0 Å². The van der Waals surface area contributed by atoms with Crippen molar-refractivity contribution in [1.82, 2.24) is 4.90 Å². The summed E-state index contributed by atoms with van der Waals surface area (Å²) in [6.45, 7) is 0.432. The molecule has 0 aromatic heterocycles. The normalized spacial score (nSPS) is 15.8. The van der Waals surface area contributed by atoms with E-state index >= 15 is 0 Å². The summed E-state index contributed by atoms with van der Waals surface area (Å²) in [4.78, 5) is 30.3. The van der Waals surface area contributed by atoms with E-state index in [1.54, 1.807) is 25.3 Å². The molecule has 0 spiro atoms. The van der Waals surface area contributed by atoms with E-state index in [-0.39, 0.29) is 11.5 Å². The fourth-order valence-corrected chi connectivity index (χ4v) is 5.93. The smallest absolute Gasteiger partial charge is 0.335 e. The Bertz CT molecular complexity index is 1340. The summed E-state index contributed by atoms with van der Waals surface area (Å²) in [7, 11) is 1.66. The van der Waals surface area contributed by atoms with E-state index in [9.17, 15) is 9.59 Å². The second-order valence-corrected chi connectivity index (χ2v) is 11.4. The second-order valence-electron chi connectivity index (χ2n) is 7.45. The number of hydrogen-bond donors (Lipinski definition) is 1. The lowest BCUT2D eigenvalue weighted by molar-refractivity contribution is -0.121. The number of hydrogen-bond acceptors (Lipinski definition) is 5. The molecule has 10 heteroatoms. The number of amides is 1. The molecule has 3 aromatic carbocycles. The van der Waals surface area contributed by atoms with Gasteiger partial charge in [-0.25, -0.2) is 9.79 Å². The summed E-state index contributed by atoms with van der Waals surface area (Å²) in [5.41, 5.74) is 2.64. The maximum atomic E-state index is 12.8. The predicted octanol–water partition coefficient (Wildman–Crippen LogP) is 7.33. The molecule has 1 amide bonds. The zero-order valence-electron chi connectivity index (χ0n) is 18.2. The van der Waals surface area contributed by atoms with E-state index in [1.165, 1.54) is 32.4 Å². The fraction of sp³-hybridized carbons (Fsp3) is 0.0800. The van der Waals surface area contributed by atoms with Crippen LogP contribution in [0.4, 0.5) is 5.69 Å². The molecule has 1 aliphatic heterocycles. The van der Waals surface area contributed by atoms with Crippen LogP contribution < -0.4 is 4.74 Å². The minimum absolute atomic E-state index is 0.165. The number of ether oxygens (including phenoxy) is 1. The number of carboxylic acids is 1. The van der Waals surface area contributed by atoms with Crippen LogP contribution in [0.25, 0.3) is 6.08 Å². The molecule has 178 valence electrons. The minimum atomic E-state index is -0.999. The monoisotopic (exact) mass is 726 g/mol. The van der Waals surface area contributed by atoms with Crippen molar-refractivity contribution in [3.05, 3.63) is 94.8 Å². The highest BCUT2D eigenvalue weighted by molar-refractivity contribution is 14.1. The Morgan fingerprint density at radius 1 is 1.11 bits per heavy atom. The van der Waals surface area contributed by atoms with Gasteiger partial charge < -0.3 is 9.84 Å². The van der Waals surface area contributed by atoms with Crippen LogP contribution in [-0.4, -0.2) is 34.1 Å². The molecule has 1 aliphatic rings.